The molecule has 1 amide bonds. The largest absolute Gasteiger partial charge is 0.477 e. The van der Waals surface area contributed by atoms with E-state index < -0.39 is 5.97 Å². The Morgan fingerprint density at radius 3 is 1.58 bits per heavy atom. The predicted molar refractivity (Wildman–Crippen MR) is 258 cm³/mol. The van der Waals surface area contributed by atoms with Crippen molar-refractivity contribution in [1.29, 1.82) is 0 Å². The fourth-order valence-corrected chi connectivity index (χ4v) is 9.37. The standard InChI is InChI=1S/C24H30ClN5O4.C18H18ClN3O4.C6H14N2O/c25-21-9-16(1-2-17(21)14-31)15-34-23-20(22(32)26-3-4-29-5-7-33-8-6-29)11-27-24(28-23)30-12-18-10-19(18)13-30;19-15-3-10(1-2-11(15)8-23)9-26-16-14(17(24)25)5-20-18(21-16)22-6-12-4-13(12)7-22;7-1-2-8-3-5-9-6-4-8/h1-2,9,11,18-19,31H,3-8,10,12-15H2,(H,26,32);1-3,5,12-13,23H,4,6-9H2,(H,24,25);1-7H2. The lowest BCUT2D eigenvalue weighted by atomic mass is 10.1. The zero-order valence-electron chi connectivity index (χ0n) is 38.7. The Labute approximate surface area is 411 Å². The van der Waals surface area contributed by atoms with Crippen LogP contribution in [0.25, 0.3) is 0 Å². The summed E-state index contributed by atoms with van der Waals surface area (Å²) in [6, 6.07) is 10.5. The number of nitrogens with zero attached hydrogens (tertiary/aromatic N) is 8. The van der Waals surface area contributed by atoms with Crippen LogP contribution in [0.3, 0.4) is 0 Å². The second-order valence-corrected chi connectivity index (χ2v) is 18.9. The fraction of sp³-hybridized carbons (Fsp3) is 0.542. The molecule has 19 nitrogen and oxygen atoms in total. The first kappa shape index (κ1) is 50.4. The van der Waals surface area contributed by atoms with E-state index in [1.54, 1.807) is 36.5 Å². The molecule has 4 atom stereocenters. The minimum atomic E-state index is -1.13. The molecule has 2 saturated carbocycles. The van der Waals surface area contributed by atoms with Crippen molar-refractivity contribution < 1.29 is 43.9 Å². The van der Waals surface area contributed by atoms with Gasteiger partial charge in [-0.05, 0) is 70.9 Å². The third-order valence-electron chi connectivity index (χ3n) is 13.2. The van der Waals surface area contributed by atoms with Crippen LogP contribution < -0.4 is 30.3 Å². The SMILES string of the molecule is NCCN1CCOCC1.O=C(NCCN1CCOCC1)c1cnc(N2CC3CC3C2)nc1OCc1ccc(CO)c(Cl)c1.O=C(O)c1cnc(N2CC3CC3C2)nc1OCc1ccc(CO)c(Cl)c1. The summed E-state index contributed by atoms with van der Waals surface area (Å²) in [7, 11) is 0. The normalized spacial score (nSPS) is 21.5. The monoisotopic (exact) mass is 992 g/mol. The predicted octanol–water partition coefficient (Wildman–Crippen LogP) is 3.35. The van der Waals surface area contributed by atoms with Crippen molar-refractivity contribution in [3.63, 3.8) is 0 Å². The number of aliphatic hydroxyl groups is 2. The third kappa shape index (κ3) is 13.9. The molecule has 2 aromatic carbocycles. The van der Waals surface area contributed by atoms with E-state index in [2.05, 4.69) is 44.9 Å². The topological polar surface area (TPSA) is 234 Å². The maximum absolute atomic E-state index is 13.0. The first-order chi connectivity index (χ1) is 33.6. The van der Waals surface area contributed by atoms with E-state index in [1.165, 1.54) is 19.0 Å². The van der Waals surface area contributed by atoms with Crippen molar-refractivity contribution in [2.75, 3.05) is 115 Å². The Balaban J connectivity index is 0.000000161. The van der Waals surface area contributed by atoms with Crippen molar-refractivity contribution in [1.82, 2.24) is 35.1 Å². The van der Waals surface area contributed by atoms with Gasteiger partial charge < -0.3 is 55.1 Å². The summed E-state index contributed by atoms with van der Waals surface area (Å²) in [6.45, 7) is 13.9. The van der Waals surface area contributed by atoms with Gasteiger partial charge in [-0.3, -0.25) is 14.6 Å². The number of benzene rings is 2. The van der Waals surface area contributed by atoms with Crippen molar-refractivity contribution in [2.45, 2.75) is 39.3 Å². The van der Waals surface area contributed by atoms with E-state index in [0.29, 0.717) is 57.0 Å². The van der Waals surface area contributed by atoms with Crippen molar-refractivity contribution in [3.8, 4) is 11.8 Å². The Kier molecular flexibility index (Phi) is 17.7. The summed E-state index contributed by atoms with van der Waals surface area (Å²) >= 11 is 12.3. The highest BCUT2D eigenvalue weighted by Gasteiger charge is 2.47. The molecule has 6 aliphatic rings. The number of nitrogens with one attached hydrogen (secondary N) is 1. The Morgan fingerprint density at radius 2 is 1.14 bits per heavy atom. The van der Waals surface area contributed by atoms with Crippen LogP contribution in [0.4, 0.5) is 11.9 Å². The lowest BCUT2D eigenvalue weighted by molar-refractivity contribution is 0.0383. The summed E-state index contributed by atoms with van der Waals surface area (Å²) in [4.78, 5) is 50.9. The number of aliphatic hydroxyl groups excluding tert-OH is 2. The van der Waals surface area contributed by atoms with Crippen LogP contribution in [0.2, 0.25) is 10.0 Å². The van der Waals surface area contributed by atoms with Crippen molar-refractivity contribution >= 4 is 47.0 Å². The number of hydrogen-bond donors (Lipinski definition) is 5. The van der Waals surface area contributed by atoms with E-state index in [9.17, 15) is 19.8 Å². The van der Waals surface area contributed by atoms with E-state index in [-0.39, 0.29) is 49.7 Å². The van der Waals surface area contributed by atoms with Gasteiger partial charge in [-0.2, -0.15) is 9.97 Å². The second kappa shape index (κ2) is 24.2. The first-order valence-electron chi connectivity index (χ1n) is 23.7. The van der Waals surface area contributed by atoms with Crippen LogP contribution in [-0.4, -0.2) is 162 Å². The number of carboxylic acid groups (broad SMARTS) is 1. The van der Waals surface area contributed by atoms with Gasteiger partial charge in [0.2, 0.25) is 23.7 Å². The van der Waals surface area contributed by atoms with E-state index in [1.807, 2.05) is 6.07 Å². The van der Waals surface area contributed by atoms with Gasteiger partial charge in [0, 0.05) is 94.8 Å². The lowest BCUT2D eigenvalue weighted by Gasteiger charge is -2.26. The molecule has 6 fully saturated rings. The number of morpholine rings is 2. The molecule has 21 heteroatoms. The van der Waals surface area contributed by atoms with Crippen molar-refractivity contribution in [3.05, 3.63) is 92.2 Å². The molecule has 2 aliphatic carbocycles. The molecule has 4 saturated heterocycles. The van der Waals surface area contributed by atoms with Gasteiger partial charge in [0.05, 0.1) is 45.8 Å². The molecule has 2 aromatic heterocycles. The summed E-state index contributed by atoms with van der Waals surface area (Å²) in [5, 5.41) is 31.7. The number of carbonyl (C=O) groups is 2. The van der Waals surface area contributed by atoms with Gasteiger partial charge in [0.25, 0.3) is 5.91 Å². The maximum Gasteiger partial charge on any atom is 0.342 e. The molecule has 69 heavy (non-hydrogen) atoms. The number of amides is 1. The molecular weight excluding hydrogens is 931 g/mol. The number of piperidine rings is 2. The number of hydrogen-bond acceptors (Lipinski definition) is 17. The molecule has 0 radical (unpaired) electrons. The summed E-state index contributed by atoms with van der Waals surface area (Å²) in [6.07, 6.45) is 5.41. The molecular formula is C48H62Cl2N10O9. The van der Waals surface area contributed by atoms with Crippen LogP contribution in [-0.2, 0) is 35.9 Å². The number of rotatable bonds is 17. The number of aromatic carboxylic acids is 1. The summed E-state index contributed by atoms with van der Waals surface area (Å²) in [5.74, 6) is 2.93. The Hall–Kier alpha value is -4.96. The van der Waals surface area contributed by atoms with Crippen LogP contribution in [0.1, 0.15) is 55.8 Å². The highest BCUT2D eigenvalue weighted by atomic mass is 35.5. The van der Waals surface area contributed by atoms with Crippen LogP contribution in [0.5, 0.6) is 11.8 Å². The number of fused-ring (bicyclic) bond motifs is 2. The molecule has 0 bridgehead atoms. The summed E-state index contributed by atoms with van der Waals surface area (Å²) in [5.41, 5.74) is 8.47. The smallest absolute Gasteiger partial charge is 0.342 e. The van der Waals surface area contributed by atoms with Gasteiger partial charge >= 0.3 is 5.97 Å². The summed E-state index contributed by atoms with van der Waals surface area (Å²) < 4.78 is 22.2. The molecule has 6 heterocycles. The quantitative estimate of drug-likeness (QED) is 0.102. The molecule has 372 valence electrons. The van der Waals surface area contributed by atoms with Gasteiger partial charge in [0.1, 0.15) is 24.3 Å². The number of ether oxygens (including phenoxy) is 4. The highest BCUT2D eigenvalue weighted by Crippen LogP contribution is 2.46. The van der Waals surface area contributed by atoms with Crippen LogP contribution in [0.15, 0.2) is 48.8 Å². The fourth-order valence-electron chi connectivity index (χ4n) is 8.84. The van der Waals surface area contributed by atoms with Gasteiger partial charge in [0.15, 0.2) is 0 Å². The Bertz CT molecular complexity index is 2350. The zero-order valence-corrected chi connectivity index (χ0v) is 40.2. The number of carboxylic acids is 1. The average molecular weight is 994 g/mol. The number of anilines is 2. The average Bonchev–Trinajstić information content (AvgIpc) is 4.21. The minimum absolute atomic E-state index is 0.0467. The molecule has 0 spiro atoms. The number of halogens is 2. The second-order valence-electron chi connectivity index (χ2n) is 18.1. The molecule has 4 aromatic rings. The minimum Gasteiger partial charge on any atom is -0.477 e. The lowest BCUT2D eigenvalue weighted by Crippen LogP contribution is -2.41. The zero-order chi connectivity index (χ0) is 48.3. The molecule has 10 rings (SSSR count). The highest BCUT2D eigenvalue weighted by molar-refractivity contribution is 6.31. The van der Waals surface area contributed by atoms with Crippen molar-refractivity contribution in [2.24, 2.45) is 29.4 Å². The van der Waals surface area contributed by atoms with E-state index in [0.717, 1.165) is 121 Å². The molecule has 4 unspecified atom stereocenters. The van der Waals surface area contributed by atoms with Gasteiger partial charge in [-0.1, -0.05) is 47.5 Å². The molecule has 6 N–H and O–H groups in total. The third-order valence-corrected chi connectivity index (χ3v) is 13.9. The first-order valence-corrected chi connectivity index (χ1v) is 24.4. The van der Waals surface area contributed by atoms with Gasteiger partial charge in [-0.25, -0.2) is 14.8 Å². The molecule has 4 aliphatic heterocycles. The van der Waals surface area contributed by atoms with E-state index in [4.69, 9.17) is 53.0 Å². The maximum atomic E-state index is 13.0. The van der Waals surface area contributed by atoms with Gasteiger partial charge in [-0.15, -0.1) is 0 Å². The number of carbonyl (C=O) groups excluding carboxylic acids is 1. The van der Waals surface area contributed by atoms with Crippen LogP contribution >= 0.6 is 23.2 Å². The Morgan fingerprint density at radius 1 is 0.696 bits per heavy atom. The number of aromatic nitrogens is 4. The van der Waals surface area contributed by atoms with E-state index >= 15 is 0 Å². The van der Waals surface area contributed by atoms with Crippen LogP contribution in [0, 0.1) is 23.7 Å². The number of nitrogens with two attached hydrogens (primary N) is 1.